The highest BCUT2D eigenvalue weighted by molar-refractivity contribution is 7.14. The lowest BCUT2D eigenvalue weighted by molar-refractivity contribution is -0.118. The van der Waals surface area contributed by atoms with Crippen LogP contribution in [0, 0.1) is 23.7 Å². The SMILES string of the molecule is O=C(CN1CCN(C2C3CC4CC(C3)CC2C4)CC1)Nc1nc(-c2ccc(Cl)cc2)cs1. The van der Waals surface area contributed by atoms with Crippen LogP contribution in [0.4, 0.5) is 5.13 Å². The fourth-order valence-corrected chi connectivity index (χ4v) is 8.02. The van der Waals surface area contributed by atoms with E-state index >= 15 is 0 Å². The summed E-state index contributed by atoms with van der Waals surface area (Å²) in [6.45, 7) is 4.65. The maximum atomic E-state index is 12.6. The molecule has 7 rings (SSSR count). The van der Waals surface area contributed by atoms with E-state index in [1.807, 2.05) is 29.6 Å². The van der Waals surface area contributed by atoms with Crippen molar-refractivity contribution in [1.82, 2.24) is 14.8 Å². The van der Waals surface area contributed by atoms with Crippen molar-refractivity contribution in [2.24, 2.45) is 23.7 Å². The van der Waals surface area contributed by atoms with Gasteiger partial charge in [0, 0.05) is 48.2 Å². The van der Waals surface area contributed by atoms with Gasteiger partial charge in [0.1, 0.15) is 0 Å². The number of hydrogen-bond acceptors (Lipinski definition) is 5. The number of benzene rings is 1. The zero-order chi connectivity index (χ0) is 21.7. The van der Waals surface area contributed by atoms with Gasteiger partial charge in [-0.05, 0) is 67.9 Å². The Morgan fingerprint density at radius 3 is 2.31 bits per heavy atom. The second kappa shape index (κ2) is 8.71. The highest BCUT2D eigenvalue weighted by Gasteiger charge is 2.50. The molecule has 1 aromatic carbocycles. The third kappa shape index (κ3) is 4.23. The number of amides is 1. The molecule has 4 saturated carbocycles. The Bertz CT molecular complexity index is 941. The lowest BCUT2D eigenvalue weighted by atomic mass is 9.54. The highest BCUT2D eigenvalue weighted by Crippen LogP contribution is 2.55. The van der Waals surface area contributed by atoms with Crippen molar-refractivity contribution in [1.29, 1.82) is 0 Å². The Hall–Kier alpha value is -1.47. The topological polar surface area (TPSA) is 48.5 Å². The van der Waals surface area contributed by atoms with Crippen molar-refractivity contribution < 1.29 is 4.79 Å². The second-order valence-electron chi connectivity index (χ2n) is 10.3. The molecule has 5 fully saturated rings. The number of aromatic nitrogens is 1. The summed E-state index contributed by atoms with van der Waals surface area (Å²) in [7, 11) is 0. The molecule has 1 aromatic heterocycles. The minimum atomic E-state index is 0.0325. The van der Waals surface area contributed by atoms with Crippen molar-refractivity contribution in [3.8, 4) is 11.3 Å². The lowest BCUT2D eigenvalue weighted by Gasteiger charge is -2.58. The van der Waals surface area contributed by atoms with E-state index in [0.29, 0.717) is 16.7 Å². The van der Waals surface area contributed by atoms with Crippen molar-refractivity contribution in [2.45, 2.75) is 38.1 Å². The Labute approximate surface area is 199 Å². The highest BCUT2D eigenvalue weighted by atomic mass is 35.5. The van der Waals surface area contributed by atoms with E-state index in [1.54, 1.807) is 0 Å². The number of rotatable bonds is 5. The molecule has 2 aromatic rings. The van der Waals surface area contributed by atoms with Gasteiger partial charge in [0.05, 0.1) is 12.2 Å². The molecule has 5 aliphatic rings. The molecule has 0 unspecified atom stereocenters. The van der Waals surface area contributed by atoms with Gasteiger partial charge in [-0.25, -0.2) is 4.98 Å². The van der Waals surface area contributed by atoms with Crippen LogP contribution in [0.25, 0.3) is 11.3 Å². The zero-order valence-electron chi connectivity index (χ0n) is 18.4. The number of anilines is 1. The molecule has 0 radical (unpaired) electrons. The summed E-state index contributed by atoms with van der Waals surface area (Å²) in [5.74, 6) is 3.99. The number of thiazole rings is 1. The van der Waals surface area contributed by atoms with Gasteiger partial charge in [-0.2, -0.15) is 0 Å². The Balaban J connectivity index is 0.999. The fourth-order valence-electron chi connectivity index (χ4n) is 7.16. The Morgan fingerprint density at radius 1 is 1.00 bits per heavy atom. The third-order valence-corrected chi connectivity index (χ3v) is 9.27. The molecule has 2 heterocycles. The molecule has 0 spiro atoms. The fraction of sp³-hybridized carbons (Fsp3) is 0.600. The first-order valence-corrected chi connectivity index (χ1v) is 13.3. The van der Waals surface area contributed by atoms with Crippen LogP contribution in [0.3, 0.4) is 0 Å². The van der Waals surface area contributed by atoms with E-state index in [4.69, 9.17) is 11.6 Å². The number of halogens is 1. The molecule has 1 N–H and O–H groups in total. The molecule has 32 heavy (non-hydrogen) atoms. The van der Waals surface area contributed by atoms with Gasteiger partial charge in [-0.1, -0.05) is 23.7 Å². The van der Waals surface area contributed by atoms with Crippen LogP contribution in [0.5, 0.6) is 0 Å². The van der Waals surface area contributed by atoms with Gasteiger partial charge in [-0.3, -0.25) is 14.6 Å². The summed E-state index contributed by atoms with van der Waals surface area (Å²) in [5, 5.41) is 6.34. The first-order chi connectivity index (χ1) is 15.6. The maximum Gasteiger partial charge on any atom is 0.240 e. The predicted octanol–water partition coefficient (Wildman–Crippen LogP) is 4.84. The number of piperazine rings is 1. The second-order valence-corrected chi connectivity index (χ2v) is 11.6. The number of nitrogens with one attached hydrogen (secondary N) is 1. The van der Waals surface area contributed by atoms with Crippen molar-refractivity contribution >= 4 is 34.0 Å². The van der Waals surface area contributed by atoms with Crippen LogP contribution in [0.15, 0.2) is 29.6 Å². The van der Waals surface area contributed by atoms with E-state index in [1.165, 1.54) is 43.4 Å². The minimum Gasteiger partial charge on any atom is -0.301 e. The molecule has 1 amide bonds. The van der Waals surface area contributed by atoms with E-state index in [9.17, 15) is 4.79 Å². The Kier molecular flexibility index (Phi) is 5.74. The molecular weight excluding hydrogens is 440 g/mol. The molecule has 1 saturated heterocycles. The molecule has 0 atom stereocenters. The van der Waals surface area contributed by atoms with Crippen molar-refractivity contribution in [3.63, 3.8) is 0 Å². The average molecular weight is 471 g/mol. The summed E-state index contributed by atoms with van der Waals surface area (Å²) in [6.07, 6.45) is 7.43. The predicted molar refractivity (Wildman–Crippen MR) is 130 cm³/mol. The zero-order valence-corrected chi connectivity index (χ0v) is 20.0. The quantitative estimate of drug-likeness (QED) is 0.679. The van der Waals surface area contributed by atoms with Gasteiger partial charge in [0.2, 0.25) is 5.91 Å². The van der Waals surface area contributed by atoms with Gasteiger partial charge in [0.15, 0.2) is 5.13 Å². The molecule has 170 valence electrons. The van der Waals surface area contributed by atoms with E-state index < -0.39 is 0 Å². The van der Waals surface area contributed by atoms with Gasteiger partial charge >= 0.3 is 0 Å². The Morgan fingerprint density at radius 2 is 1.66 bits per heavy atom. The normalized spacial score (nSPS) is 32.3. The minimum absolute atomic E-state index is 0.0325. The van der Waals surface area contributed by atoms with E-state index in [0.717, 1.165) is 67.1 Å². The maximum absolute atomic E-state index is 12.6. The van der Waals surface area contributed by atoms with E-state index in [-0.39, 0.29) is 5.91 Å². The summed E-state index contributed by atoms with van der Waals surface area (Å²) >= 11 is 7.44. The first kappa shape index (κ1) is 21.1. The van der Waals surface area contributed by atoms with Crippen molar-refractivity contribution in [2.75, 3.05) is 38.0 Å². The van der Waals surface area contributed by atoms with Crippen LogP contribution in [-0.2, 0) is 4.79 Å². The lowest BCUT2D eigenvalue weighted by Crippen LogP contribution is -2.60. The summed E-state index contributed by atoms with van der Waals surface area (Å²) in [4.78, 5) is 22.3. The van der Waals surface area contributed by atoms with Crippen LogP contribution >= 0.6 is 22.9 Å². The summed E-state index contributed by atoms with van der Waals surface area (Å²) < 4.78 is 0. The smallest absolute Gasteiger partial charge is 0.240 e. The number of carbonyl (C=O) groups excluding carboxylic acids is 1. The summed E-state index contributed by atoms with van der Waals surface area (Å²) in [6, 6.07) is 8.44. The molecule has 4 aliphatic carbocycles. The molecule has 5 nitrogen and oxygen atoms in total. The van der Waals surface area contributed by atoms with Crippen LogP contribution in [0.2, 0.25) is 5.02 Å². The summed E-state index contributed by atoms with van der Waals surface area (Å²) in [5.41, 5.74) is 1.87. The largest absolute Gasteiger partial charge is 0.301 e. The van der Waals surface area contributed by atoms with Crippen LogP contribution < -0.4 is 5.32 Å². The van der Waals surface area contributed by atoms with Gasteiger partial charge < -0.3 is 5.32 Å². The van der Waals surface area contributed by atoms with Gasteiger partial charge in [-0.15, -0.1) is 11.3 Å². The monoisotopic (exact) mass is 470 g/mol. The molecular formula is C25H31ClN4OS. The number of carbonyl (C=O) groups is 1. The number of nitrogens with zero attached hydrogens (tertiary/aromatic N) is 3. The van der Waals surface area contributed by atoms with Crippen LogP contribution in [0.1, 0.15) is 32.1 Å². The first-order valence-electron chi connectivity index (χ1n) is 12.1. The average Bonchev–Trinajstić information content (AvgIpc) is 3.23. The molecule has 1 aliphatic heterocycles. The standard InChI is InChI=1S/C25H31ClN4OS/c26-21-3-1-18(2-4-21)22-15-32-25(27-22)28-23(31)14-29-5-7-30(8-6-29)24-19-10-16-9-17(12-19)13-20(24)11-16/h1-4,15-17,19-20,24H,5-14H2,(H,27,28,31). The molecule has 7 heteroatoms. The molecule has 4 bridgehead atoms. The van der Waals surface area contributed by atoms with E-state index in [2.05, 4.69) is 20.1 Å². The number of hydrogen-bond donors (Lipinski definition) is 1. The van der Waals surface area contributed by atoms with Gasteiger partial charge in [0.25, 0.3) is 0 Å². The third-order valence-electron chi connectivity index (χ3n) is 8.26. The van der Waals surface area contributed by atoms with Crippen molar-refractivity contribution in [3.05, 3.63) is 34.7 Å². The van der Waals surface area contributed by atoms with Crippen LogP contribution in [-0.4, -0.2) is 59.5 Å².